The Balaban J connectivity index is 1.51. The molecule has 43 heavy (non-hydrogen) atoms. The number of unbranched alkanes of at least 4 members (excludes halogenated alkanes) is 2. The monoisotopic (exact) mass is 668 g/mol. The number of hydrogen-bond donors (Lipinski definition) is 0. The van der Waals surface area contributed by atoms with Crippen LogP contribution >= 0.6 is 15.9 Å². The Labute approximate surface area is 268 Å². The molecule has 0 radical (unpaired) electrons. The van der Waals surface area contributed by atoms with E-state index in [0.717, 1.165) is 110 Å². The SMILES string of the molecule is CCCCCC(C=C[C@@H]1[C@@H](CC=CCCC(=O)CBr)[C@@H](OC2CCCCO2)C[C@H]1OC1CCCCO1)OC1CCCCO1. The first-order valence-corrected chi connectivity index (χ1v) is 18.5. The zero-order chi connectivity index (χ0) is 30.1. The summed E-state index contributed by atoms with van der Waals surface area (Å²) in [6, 6.07) is 0. The molecule has 0 bridgehead atoms. The van der Waals surface area contributed by atoms with Crippen LogP contribution in [0, 0.1) is 11.8 Å². The zero-order valence-electron chi connectivity index (χ0n) is 26.5. The third kappa shape index (κ3) is 12.6. The van der Waals surface area contributed by atoms with Gasteiger partial charge in [-0.15, -0.1) is 0 Å². The summed E-state index contributed by atoms with van der Waals surface area (Å²) in [5.74, 6) is 0.636. The van der Waals surface area contributed by atoms with Crippen molar-refractivity contribution in [1.29, 1.82) is 0 Å². The first kappa shape index (κ1) is 35.2. The van der Waals surface area contributed by atoms with Gasteiger partial charge in [0.1, 0.15) is 5.78 Å². The summed E-state index contributed by atoms with van der Waals surface area (Å²) < 4.78 is 38.0. The number of allylic oxidation sites excluding steroid dienone is 2. The summed E-state index contributed by atoms with van der Waals surface area (Å²) in [5, 5.41) is 0.420. The second-order valence-electron chi connectivity index (χ2n) is 12.7. The minimum atomic E-state index is -0.155. The molecule has 246 valence electrons. The van der Waals surface area contributed by atoms with Crippen LogP contribution in [0.3, 0.4) is 0 Å². The molecule has 0 aromatic carbocycles. The Hall–Kier alpha value is -0.610. The van der Waals surface area contributed by atoms with Gasteiger partial charge in [0, 0.05) is 38.6 Å². The molecule has 4 unspecified atom stereocenters. The van der Waals surface area contributed by atoms with Crippen molar-refractivity contribution in [3.63, 3.8) is 0 Å². The first-order chi connectivity index (χ1) is 21.2. The highest BCUT2D eigenvalue weighted by Gasteiger charge is 2.45. The largest absolute Gasteiger partial charge is 0.353 e. The maximum absolute atomic E-state index is 11.8. The van der Waals surface area contributed by atoms with E-state index in [1.807, 2.05) is 0 Å². The van der Waals surface area contributed by atoms with E-state index in [9.17, 15) is 4.79 Å². The molecule has 0 N–H and O–H groups in total. The maximum Gasteiger partial charge on any atom is 0.158 e. The molecule has 0 spiro atoms. The summed E-state index contributed by atoms with van der Waals surface area (Å²) in [6.45, 7) is 4.56. The molecule has 3 aliphatic heterocycles. The molecule has 4 fully saturated rings. The van der Waals surface area contributed by atoms with Gasteiger partial charge in [0.25, 0.3) is 0 Å². The highest BCUT2D eigenvalue weighted by molar-refractivity contribution is 9.09. The van der Waals surface area contributed by atoms with Crippen LogP contribution in [0.1, 0.15) is 116 Å². The van der Waals surface area contributed by atoms with Crippen LogP contribution in [-0.2, 0) is 33.2 Å². The second kappa shape index (κ2) is 20.5. The molecule has 0 aromatic rings. The van der Waals surface area contributed by atoms with E-state index in [2.05, 4.69) is 47.2 Å². The van der Waals surface area contributed by atoms with Crippen LogP contribution in [-0.4, -0.2) is 68.1 Å². The molecule has 7 nitrogen and oxygen atoms in total. The number of halogens is 1. The van der Waals surface area contributed by atoms with Gasteiger partial charge in [-0.05, 0) is 83.0 Å². The standard InChI is InChI=1S/C35H57BrO7/c1-2-3-5-15-28(41-33-17-8-11-22-38-33)20-21-30-29(16-7-4-6-14-27(37)26-36)31(42-34-18-9-12-23-39-34)25-32(30)43-35-19-10-13-24-40-35/h4,7,20-21,28-35H,2-3,5-6,8-19,22-26H2,1H3/t28?,29-,30-,31+,32-,33?,34?,35?/m1/s1. The van der Waals surface area contributed by atoms with Gasteiger partial charge in [-0.1, -0.05) is 66.4 Å². The van der Waals surface area contributed by atoms with Crippen molar-refractivity contribution >= 4 is 21.7 Å². The van der Waals surface area contributed by atoms with Gasteiger partial charge in [-0.3, -0.25) is 4.79 Å². The average molecular weight is 670 g/mol. The minimum absolute atomic E-state index is 0.00328. The fourth-order valence-electron chi connectivity index (χ4n) is 6.74. The molecule has 1 saturated carbocycles. The lowest BCUT2D eigenvalue weighted by Crippen LogP contribution is -2.31. The van der Waals surface area contributed by atoms with E-state index in [4.69, 9.17) is 28.4 Å². The van der Waals surface area contributed by atoms with Crippen LogP contribution in [0.15, 0.2) is 24.3 Å². The fraction of sp³-hybridized carbons (Fsp3) is 0.857. The van der Waals surface area contributed by atoms with Crippen molar-refractivity contribution < 1.29 is 33.2 Å². The van der Waals surface area contributed by atoms with Crippen LogP contribution in [0.4, 0.5) is 0 Å². The van der Waals surface area contributed by atoms with E-state index in [1.165, 1.54) is 12.8 Å². The molecule has 8 atom stereocenters. The molecular formula is C35H57BrO7. The highest BCUT2D eigenvalue weighted by Crippen LogP contribution is 2.42. The lowest BCUT2D eigenvalue weighted by molar-refractivity contribution is -0.203. The van der Waals surface area contributed by atoms with Crippen LogP contribution < -0.4 is 0 Å². The molecule has 4 rings (SSSR count). The van der Waals surface area contributed by atoms with Crippen LogP contribution in [0.2, 0.25) is 0 Å². The molecule has 3 saturated heterocycles. The first-order valence-electron chi connectivity index (χ1n) is 17.4. The topological polar surface area (TPSA) is 72.5 Å². The number of carbonyl (C=O) groups excluding carboxylic acids is 1. The number of Topliss-reactive ketones (excluding diaryl/α,β-unsaturated/α-hetero) is 1. The third-order valence-corrected chi connectivity index (χ3v) is 9.84. The van der Waals surface area contributed by atoms with E-state index >= 15 is 0 Å². The van der Waals surface area contributed by atoms with Gasteiger partial charge in [-0.25, -0.2) is 0 Å². The molecule has 0 aromatic heterocycles. The number of hydrogen-bond acceptors (Lipinski definition) is 7. The Kier molecular flexibility index (Phi) is 16.8. The van der Waals surface area contributed by atoms with Gasteiger partial charge in [0.05, 0.1) is 23.6 Å². The Morgan fingerprint density at radius 2 is 1.51 bits per heavy atom. The summed E-state index contributed by atoms with van der Waals surface area (Å²) in [7, 11) is 0. The van der Waals surface area contributed by atoms with Gasteiger partial charge < -0.3 is 28.4 Å². The fourth-order valence-corrected chi connectivity index (χ4v) is 7.02. The van der Waals surface area contributed by atoms with Crippen molar-refractivity contribution in [2.24, 2.45) is 11.8 Å². The average Bonchev–Trinajstić information content (AvgIpc) is 3.35. The molecule has 0 amide bonds. The molecule has 8 heteroatoms. The van der Waals surface area contributed by atoms with Crippen molar-refractivity contribution in [2.45, 2.75) is 153 Å². The molecule has 4 aliphatic rings. The van der Waals surface area contributed by atoms with E-state index in [-0.39, 0.29) is 54.8 Å². The quantitative estimate of drug-likeness (QED) is 0.0828. The van der Waals surface area contributed by atoms with Crippen molar-refractivity contribution in [3.8, 4) is 0 Å². The Bertz CT molecular complexity index is 817. The van der Waals surface area contributed by atoms with Gasteiger partial charge >= 0.3 is 0 Å². The zero-order valence-corrected chi connectivity index (χ0v) is 28.1. The van der Waals surface area contributed by atoms with E-state index < -0.39 is 0 Å². The molecular weight excluding hydrogens is 612 g/mol. The normalized spacial score (nSPS) is 32.9. The van der Waals surface area contributed by atoms with Crippen LogP contribution in [0.5, 0.6) is 0 Å². The maximum atomic E-state index is 11.8. The van der Waals surface area contributed by atoms with Crippen molar-refractivity contribution in [2.75, 3.05) is 25.2 Å². The third-order valence-electron chi connectivity index (χ3n) is 9.21. The van der Waals surface area contributed by atoms with E-state index in [0.29, 0.717) is 11.8 Å². The Morgan fingerprint density at radius 1 is 0.860 bits per heavy atom. The number of rotatable bonds is 18. The van der Waals surface area contributed by atoms with Crippen LogP contribution in [0.25, 0.3) is 0 Å². The van der Waals surface area contributed by atoms with Gasteiger partial charge in [0.2, 0.25) is 0 Å². The summed E-state index contributed by atoms with van der Waals surface area (Å²) in [5.41, 5.74) is 0. The van der Waals surface area contributed by atoms with Gasteiger partial charge in [0.15, 0.2) is 18.9 Å². The summed E-state index contributed by atoms with van der Waals surface area (Å²) in [4.78, 5) is 11.8. The number of carbonyl (C=O) groups is 1. The van der Waals surface area contributed by atoms with Crippen molar-refractivity contribution in [1.82, 2.24) is 0 Å². The lowest BCUT2D eigenvalue weighted by atomic mass is 9.89. The second-order valence-corrected chi connectivity index (χ2v) is 13.2. The Morgan fingerprint density at radius 3 is 2.12 bits per heavy atom. The number of ether oxygens (including phenoxy) is 6. The summed E-state index contributed by atoms with van der Waals surface area (Å²) in [6.07, 6.45) is 25.9. The smallest absolute Gasteiger partial charge is 0.158 e. The summed E-state index contributed by atoms with van der Waals surface area (Å²) >= 11 is 3.28. The molecule has 3 heterocycles. The number of alkyl halides is 1. The predicted octanol–water partition coefficient (Wildman–Crippen LogP) is 8.18. The molecule has 1 aliphatic carbocycles. The van der Waals surface area contributed by atoms with E-state index in [1.54, 1.807) is 0 Å². The highest BCUT2D eigenvalue weighted by atomic mass is 79.9. The lowest BCUT2D eigenvalue weighted by Gasteiger charge is -2.30. The van der Waals surface area contributed by atoms with Gasteiger partial charge in [-0.2, -0.15) is 0 Å². The van der Waals surface area contributed by atoms with Crippen molar-refractivity contribution in [3.05, 3.63) is 24.3 Å². The minimum Gasteiger partial charge on any atom is -0.353 e. The predicted molar refractivity (Wildman–Crippen MR) is 172 cm³/mol. The number of ketones is 1.